The summed E-state index contributed by atoms with van der Waals surface area (Å²) in [6, 6.07) is 12.8. The Labute approximate surface area is 197 Å². The van der Waals surface area contributed by atoms with Gasteiger partial charge in [-0.3, -0.25) is 0 Å². The van der Waals surface area contributed by atoms with Crippen LogP contribution in [0.2, 0.25) is 5.02 Å². The van der Waals surface area contributed by atoms with Crippen molar-refractivity contribution in [3.8, 4) is 5.75 Å². The van der Waals surface area contributed by atoms with Gasteiger partial charge in [-0.05, 0) is 41.8 Å². The second-order valence-corrected chi connectivity index (χ2v) is 8.78. The van der Waals surface area contributed by atoms with Gasteiger partial charge < -0.3 is 39.4 Å². The first-order valence-corrected chi connectivity index (χ1v) is 11.3. The fraction of sp³-hybridized carbons (Fsp3) is 0.500. The van der Waals surface area contributed by atoms with Crippen molar-refractivity contribution >= 4 is 11.6 Å². The Morgan fingerprint density at radius 2 is 1.94 bits per heavy atom. The topological polar surface area (TPSA) is 118 Å². The highest BCUT2D eigenvalue weighted by atomic mass is 35.5. The normalized spacial score (nSPS) is 30.5. The smallest absolute Gasteiger partial charge is 0.224 e. The van der Waals surface area contributed by atoms with E-state index in [0.29, 0.717) is 23.6 Å². The summed E-state index contributed by atoms with van der Waals surface area (Å²) in [7, 11) is 1.34. The third-order valence-electron chi connectivity index (χ3n) is 6.19. The Bertz CT molecular complexity index is 933. The van der Waals surface area contributed by atoms with Gasteiger partial charge in [-0.25, -0.2) is 0 Å². The molecule has 4 rings (SSSR count). The minimum absolute atomic E-state index is 0.0774. The summed E-state index contributed by atoms with van der Waals surface area (Å²) in [6.45, 7) is 0.688. The minimum atomic E-state index is -1.72. The third kappa shape index (κ3) is 4.89. The Balaban J connectivity index is 1.55. The van der Waals surface area contributed by atoms with Crippen molar-refractivity contribution in [2.75, 3.05) is 26.9 Å². The SMILES string of the molecule is CO[C@@]1(c2ccc(Cl)c(Cc3ccc(OC4CCOC4)cc3)c2)O[C@H]([C@H](O)CO)[C@H](O)[C@H]1O. The number of rotatable bonds is 8. The predicted molar refractivity (Wildman–Crippen MR) is 119 cm³/mol. The number of ether oxygens (including phenoxy) is 4. The highest BCUT2D eigenvalue weighted by Crippen LogP contribution is 2.42. The van der Waals surface area contributed by atoms with E-state index in [2.05, 4.69) is 0 Å². The maximum absolute atomic E-state index is 10.7. The quantitative estimate of drug-likeness (QED) is 0.447. The van der Waals surface area contributed by atoms with Crippen LogP contribution in [0.5, 0.6) is 5.75 Å². The summed E-state index contributed by atoms with van der Waals surface area (Å²) < 4.78 is 22.5. The van der Waals surface area contributed by atoms with Gasteiger partial charge in [-0.1, -0.05) is 29.8 Å². The zero-order valence-corrected chi connectivity index (χ0v) is 19.0. The summed E-state index contributed by atoms with van der Waals surface area (Å²) >= 11 is 6.45. The Hall–Kier alpha value is -1.75. The van der Waals surface area contributed by atoms with Crippen LogP contribution < -0.4 is 4.74 Å². The molecule has 2 aromatic carbocycles. The molecular formula is C24H29ClO8. The number of methoxy groups -OCH3 is 1. The van der Waals surface area contributed by atoms with Gasteiger partial charge >= 0.3 is 0 Å². The van der Waals surface area contributed by atoms with Gasteiger partial charge in [-0.15, -0.1) is 0 Å². The first kappa shape index (κ1) is 24.4. The number of halogens is 1. The van der Waals surface area contributed by atoms with Crippen molar-refractivity contribution in [2.24, 2.45) is 0 Å². The van der Waals surface area contributed by atoms with E-state index in [0.717, 1.165) is 29.9 Å². The highest BCUT2D eigenvalue weighted by Gasteiger charge is 2.57. The second-order valence-electron chi connectivity index (χ2n) is 8.37. The fourth-order valence-corrected chi connectivity index (χ4v) is 4.50. The molecule has 1 unspecified atom stereocenters. The molecule has 8 nitrogen and oxygen atoms in total. The minimum Gasteiger partial charge on any atom is -0.488 e. The molecule has 0 aliphatic carbocycles. The van der Waals surface area contributed by atoms with Crippen molar-refractivity contribution in [1.82, 2.24) is 0 Å². The van der Waals surface area contributed by atoms with Crippen LogP contribution in [-0.4, -0.2) is 77.9 Å². The molecule has 0 spiro atoms. The van der Waals surface area contributed by atoms with E-state index in [1.807, 2.05) is 24.3 Å². The predicted octanol–water partition coefficient (Wildman–Crippen LogP) is 1.37. The van der Waals surface area contributed by atoms with Crippen molar-refractivity contribution in [1.29, 1.82) is 0 Å². The zero-order chi connectivity index (χ0) is 23.6. The lowest BCUT2D eigenvalue weighted by atomic mass is 9.94. The Morgan fingerprint density at radius 1 is 1.18 bits per heavy atom. The zero-order valence-electron chi connectivity index (χ0n) is 18.3. The molecule has 2 saturated heterocycles. The van der Waals surface area contributed by atoms with Gasteiger partial charge in [0.05, 0.1) is 19.8 Å². The summed E-state index contributed by atoms with van der Waals surface area (Å²) in [5.41, 5.74) is 2.20. The lowest BCUT2D eigenvalue weighted by molar-refractivity contribution is -0.263. The molecule has 33 heavy (non-hydrogen) atoms. The van der Waals surface area contributed by atoms with Gasteiger partial charge in [0.15, 0.2) is 0 Å². The number of aliphatic hydroxyl groups excluding tert-OH is 4. The molecule has 0 radical (unpaired) electrons. The second kappa shape index (κ2) is 10.2. The van der Waals surface area contributed by atoms with Crippen LogP contribution in [0, 0.1) is 0 Å². The average Bonchev–Trinajstić information content (AvgIpc) is 3.43. The van der Waals surface area contributed by atoms with Gasteiger partial charge in [0.25, 0.3) is 0 Å². The van der Waals surface area contributed by atoms with E-state index >= 15 is 0 Å². The van der Waals surface area contributed by atoms with Crippen LogP contribution in [-0.2, 0) is 26.4 Å². The van der Waals surface area contributed by atoms with E-state index in [1.165, 1.54) is 7.11 Å². The van der Waals surface area contributed by atoms with Crippen LogP contribution in [0.3, 0.4) is 0 Å². The van der Waals surface area contributed by atoms with Crippen molar-refractivity contribution in [3.63, 3.8) is 0 Å². The first-order chi connectivity index (χ1) is 15.9. The molecule has 2 aliphatic rings. The van der Waals surface area contributed by atoms with Crippen molar-refractivity contribution in [2.45, 2.75) is 49.1 Å². The summed E-state index contributed by atoms with van der Waals surface area (Å²) in [5.74, 6) is -0.946. The van der Waals surface area contributed by atoms with E-state index in [-0.39, 0.29) is 6.10 Å². The van der Waals surface area contributed by atoms with E-state index < -0.39 is 36.8 Å². The molecule has 2 fully saturated rings. The first-order valence-electron chi connectivity index (χ1n) is 10.9. The van der Waals surface area contributed by atoms with Crippen LogP contribution in [0.4, 0.5) is 0 Å². The molecule has 2 heterocycles. The van der Waals surface area contributed by atoms with Crippen LogP contribution in [0.15, 0.2) is 42.5 Å². The molecule has 180 valence electrons. The summed E-state index contributed by atoms with van der Waals surface area (Å²) in [4.78, 5) is 0. The average molecular weight is 481 g/mol. The molecule has 0 bridgehead atoms. The number of hydrogen-bond acceptors (Lipinski definition) is 8. The largest absolute Gasteiger partial charge is 0.488 e. The number of aliphatic hydroxyl groups is 4. The van der Waals surface area contributed by atoms with Gasteiger partial charge in [0, 0.05) is 24.1 Å². The molecule has 0 saturated carbocycles. The number of hydrogen-bond donors (Lipinski definition) is 4. The molecule has 2 aliphatic heterocycles. The maximum Gasteiger partial charge on any atom is 0.224 e. The van der Waals surface area contributed by atoms with Crippen LogP contribution >= 0.6 is 11.6 Å². The maximum atomic E-state index is 10.7. The molecule has 9 heteroatoms. The van der Waals surface area contributed by atoms with Gasteiger partial charge in [0.1, 0.15) is 36.3 Å². The molecule has 0 amide bonds. The molecule has 2 aromatic rings. The third-order valence-corrected chi connectivity index (χ3v) is 6.56. The molecular weight excluding hydrogens is 452 g/mol. The van der Waals surface area contributed by atoms with E-state index in [4.69, 9.17) is 30.5 Å². The summed E-state index contributed by atoms with van der Waals surface area (Å²) in [5, 5.41) is 40.9. The van der Waals surface area contributed by atoms with Crippen molar-refractivity contribution in [3.05, 3.63) is 64.2 Å². The van der Waals surface area contributed by atoms with E-state index in [1.54, 1.807) is 18.2 Å². The summed E-state index contributed by atoms with van der Waals surface area (Å²) in [6.07, 6.45) is -4.08. The molecule has 4 N–H and O–H groups in total. The van der Waals surface area contributed by atoms with Gasteiger partial charge in [-0.2, -0.15) is 0 Å². The van der Waals surface area contributed by atoms with Crippen molar-refractivity contribution < 1.29 is 39.4 Å². The highest BCUT2D eigenvalue weighted by molar-refractivity contribution is 6.31. The lowest BCUT2D eigenvalue weighted by Crippen LogP contribution is -2.43. The Kier molecular flexibility index (Phi) is 7.57. The molecule has 6 atom stereocenters. The van der Waals surface area contributed by atoms with Crippen LogP contribution in [0.25, 0.3) is 0 Å². The monoisotopic (exact) mass is 480 g/mol. The standard InChI is InChI=1S/C24H29ClO8/c1-30-24(23(29)21(28)22(33-24)20(27)12-26)16-4-7-19(25)15(11-16)10-14-2-5-17(6-3-14)32-18-8-9-31-13-18/h2-7,11,18,20-23,26-29H,8-10,12-13H2,1H3/t18?,20-,21+,22-,23-,24+/m1/s1. The fourth-order valence-electron chi connectivity index (χ4n) is 4.31. The molecule has 0 aromatic heterocycles. The van der Waals surface area contributed by atoms with Gasteiger partial charge in [0.2, 0.25) is 5.79 Å². The number of benzene rings is 2. The lowest BCUT2D eigenvalue weighted by Gasteiger charge is -2.31. The van der Waals surface area contributed by atoms with E-state index in [9.17, 15) is 20.4 Å². The van der Waals surface area contributed by atoms with Crippen LogP contribution in [0.1, 0.15) is 23.1 Å². The Morgan fingerprint density at radius 3 is 2.58 bits per heavy atom.